The third kappa shape index (κ3) is 8.12. The van der Waals surface area contributed by atoms with E-state index in [1.807, 2.05) is 0 Å². The standard InChI is InChI=1S/C10H20OS/c1-3-5-7-8-10(11)12-9-6-4-2/h3-9H2,1-2H3. The summed E-state index contributed by atoms with van der Waals surface area (Å²) in [7, 11) is 0. The van der Waals surface area contributed by atoms with Gasteiger partial charge in [0.2, 0.25) is 0 Å². The van der Waals surface area contributed by atoms with Gasteiger partial charge in [-0.1, -0.05) is 44.9 Å². The molecule has 2 heteroatoms. The van der Waals surface area contributed by atoms with Gasteiger partial charge < -0.3 is 0 Å². The van der Waals surface area contributed by atoms with Crippen LogP contribution in [-0.2, 0) is 4.79 Å². The fourth-order valence-corrected chi connectivity index (χ4v) is 1.87. The molecule has 0 atom stereocenters. The summed E-state index contributed by atoms with van der Waals surface area (Å²) in [5, 5.41) is 0.386. The topological polar surface area (TPSA) is 17.1 Å². The van der Waals surface area contributed by atoms with Crippen molar-refractivity contribution in [1.29, 1.82) is 0 Å². The normalized spacial score (nSPS) is 10.2. The van der Waals surface area contributed by atoms with Gasteiger partial charge in [-0.3, -0.25) is 4.79 Å². The average Bonchev–Trinajstić information content (AvgIpc) is 2.06. The fraction of sp³-hybridized carbons (Fsp3) is 0.900. The van der Waals surface area contributed by atoms with Crippen LogP contribution >= 0.6 is 11.8 Å². The van der Waals surface area contributed by atoms with Crippen LogP contribution in [0.2, 0.25) is 0 Å². The zero-order valence-electron chi connectivity index (χ0n) is 8.27. The fourth-order valence-electron chi connectivity index (χ4n) is 0.922. The van der Waals surface area contributed by atoms with Crippen LogP contribution < -0.4 is 0 Å². The SMILES string of the molecule is CCCCCC(=O)SCCCC. The van der Waals surface area contributed by atoms with Crippen LogP contribution in [0.1, 0.15) is 52.4 Å². The van der Waals surface area contributed by atoms with Crippen LogP contribution in [0.4, 0.5) is 0 Å². The zero-order chi connectivity index (χ0) is 9.23. The van der Waals surface area contributed by atoms with Crippen LogP contribution in [0.25, 0.3) is 0 Å². The van der Waals surface area contributed by atoms with E-state index in [2.05, 4.69) is 13.8 Å². The van der Waals surface area contributed by atoms with Crippen molar-refractivity contribution in [1.82, 2.24) is 0 Å². The first-order valence-corrected chi connectivity index (χ1v) is 5.95. The Bertz CT molecular complexity index is 100. The first-order chi connectivity index (χ1) is 5.81. The van der Waals surface area contributed by atoms with Crippen LogP contribution in [0, 0.1) is 0 Å². The molecule has 0 spiro atoms. The van der Waals surface area contributed by atoms with E-state index in [4.69, 9.17) is 0 Å². The van der Waals surface area contributed by atoms with E-state index < -0.39 is 0 Å². The second-order valence-electron chi connectivity index (χ2n) is 3.03. The molecule has 0 amide bonds. The van der Waals surface area contributed by atoms with E-state index in [-0.39, 0.29) is 0 Å². The Morgan fingerprint density at radius 3 is 2.33 bits per heavy atom. The highest BCUT2D eigenvalue weighted by Gasteiger charge is 2.00. The van der Waals surface area contributed by atoms with Crippen LogP contribution in [0.3, 0.4) is 0 Å². The molecule has 0 rings (SSSR count). The molecule has 12 heavy (non-hydrogen) atoms. The predicted molar refractivity (Wildman–Crippen MR) is 56.5 cm³/mol. The molecule has 0 heterocycles. The van der Waals surface area contributed by atoms with Gasteiger partial charge in [-0.2, -0.15) is 0 Å². The van der Waals surface area contributed by atoms with Crippen molar-refractivity contribution in [2.24, 2.45) is 0 Å². The Balaban J connectivity index is 3.10. The lowest BCUT2D eigenvalue weighted by Gasteiger charge is -1.98. The maximum absolute atomic E-state index is 11.2. The summed E-state index contributed by atoms with van der Waals surface area (Å²) in [5.74, 6) is 1.02. The van der Waals surface area contributed by atoms with Gasteiger partial charge in [-0.05, 0) is 12.8 Å². The lowest BCUT2D eigenvalue weighted by Crippen LogP contribution is -1.93. The Hall–Kier alpha value is 0.0200. The second kappa shape index (κ2) is 9.11. The van der Waals surface area contributed by atoms with Gasteiger partial charge in [-0.25, -0.2) is 0 Å². The average molecular weight is 188 g/mol. The maximum atomic E-state index is 11.2. The largest absolute Gasteiger partial charge is 0.287 e. The molecule has 0 aliphatic heterocycles. The molecule has 0 unspecified atom stereocenters. The lowest BCUT2D eigenvalue weighted by atomic mass is 10.2. The summed E-state index contributed by atoms with van der Waals surface area (Å²) in [6, 6.07) is 0. The van der Waals surface area contributed by atoms with Crippen LogP contribution in [-0.4, -0.2) is 10.9 Å². The first-order valence-electron chi connectivity index (χ1n) is 4.96. The van der Waals surface area contributed by atoms with E-state index in [0.29, 0.717) is 5.12 Å². The van der Waals surface area contributed by atoms with Gasteiger partial charge in [0.05, 0.1) is 0 Å². The van der Waals surface area contributed by atoms with Gasteiger partial charge in [0.1, 0.15) is 0 Å². The minimum absolute atomic E-state index is 0.386. The molecule has 0 bridgehead atoms. The molecule has 0 N–H and O–H groups in total. The summed E-state index contributed by atoms with van der Waals surface area (Å²) < 4.78 is 0. The quantitative estimate of drug-likeness (QED) is 0.567. The summed E-state index contributed by atoms with van der Waals surface area (Å²) in [5.41, 5.74) is 0. The van der Waals surface area contributed by atoms with E-state index >= 15 is 0 Å². The van der Waals surface area contributed by atoms with E-state index in [0.717, 1.165) is 18.6 Å². The number of carbonyl (C=O) groups is 1. The molecule has 0 aliphatic carbocycles. The summed E-state index contributed by atoms with van der Waals surface area (Å²) in [6.07, 6.45) is 6.61. The summed E-state index contributed by atoms with van der Waals surface area (Å²) in [4.78, 5) is 11.2. The van der Waals surface area contributed by atoms with Crippen LogP contribution in [0.15, 0.2) is 0 Å². The van der Waals surface area contributed by atoms with Crippen LogP contribution in [0.5, 0.6) is 0 Å². The first kappa shape index (κ1) is 12.0. The maximum Gasteiger partial charge on any atom is 0.188 e. The Labute approximate surface area is 80.3 Å². The molecule has 0 fully saturated rings. The van der Waals surface area contributed by atoms with Crippen molar-refractivity contribution in [3.8, 4) is 0 Å². The van der Waals surface area contributed by atoms with Gasteiger partial charge in [0.15, 0.2) is 5.12 Å². The number of hydrogen-bond acceptors (Lipinski definition) is 2. The minimum Gasteiger partial charge on any atom is -0.287 e. The number of thioether (sulfide) groups is 1. The molecule has 0 radical (unpaired) electrons. The van der Waals surface area contributed by atoms with Gasteiger partial charge in [-0.15, -0.1) is 0 Å². The predicted octanol–water partition coefficient (Wildman–Crippen LogP) is 3.63. The van der Waals surface area contributed by atoms with Crippen molar-refractivity contribution >= 4 is 16.9 Å². The molecule has 0 aromatic carbocycles. The second-order valence-corrected chi connectivity index (χ2v) is 4.18. The molecule has 1 nitrogen and oxygen atoms in total. The number of unbranched alkanes of at least 4 members (excludes halogenated alkanes) is 3. The highest BCUT2D eigenvalue weighted by atomic mass is 32.2. The zero-order valence-corrected chi connectivity index (χ0v) is 9.08. The number of rotatable bonds is 7. The van der Waals surface area contributed by atoms with E-state index in [9.17, 15) is 4.79 Å². The van der Waals surface area contributed by atoms with E-state index in [1.54, 1.807) is 0 Å². The number of carbonyl (C=O) groups excluding carboxylic acids is 1. The third-order valence-electron chi connectivity index (χ3n) is 1.75. The highest BCUT2D eigenvalue weighted by Crippen LogP contribution is 2.11. The molecule has 72 valence electrons. The smallest absolute Gasteiger partial charge is 0.188 e. The summed E-state index contributed by atoms with van der Waals surface area (Å²) >= 11 is 1.51. The monoisotopic (exact) mass is 188 g/mol. The van der Waals surface area contributed by atoms with Gasteiger partial charge in [0, 0.05) is 12.2 Å². The molecule has 0 aromatic heterocycles. The third-order valence-corrected chi connectivity index (χ3v) is 2.76. The van der Waals surface area contributed by atoms with Crippen molar-refractivity contribution < 1.29 is 4.79 Å². The Morgan fingerprint density at radius 1 is 1.08 bits per heavy atom. The van der Waals surface area contributed by atoms with E-state index in [1.165, 1.54) is 37.4 Å². The van der Waals surface area contributed by atoms with Crippen molar-refractivity contribution in [3.63, 3.8) is 0 Å². The van der Waals surface area contributed by atoms with Crippen molar-refractivity contribution in [3.05, 3.63) is 0 Å². The minimum atomic E-state index is 0.386. The van der Waals surface area contributed by atoms with Crippen molar-refractivity contribution in [2.45, 2.75) is 52.4 Å². The molecule has 0 saturated carbocycles. The van der Waals surface area contributed by atoms with Gasteiger partial charge in [0.25, 0.3) is 0 Å². The molecule has 0 saturated heterocycles. The molecular formula is C10H20OS. The highest BCUT2D eigenvalue weighted by molar-refractivity contribution is 8.13. The van der Waals surface area contributed by atoms with Crippen molar-refractivity contribution in [2.75, 3.05) is 5.75 Å². The molecule has 0 aromatic rings. The molecule has 0 aliphatic rings. The van der Waals surface area contributed by atoms with Gasteiger partial charge >= 0.3 is 0 Å². The Morgan fingerprint density at radius 2 is 1.75 bits per heavy atom. The lowest BCUT2D eigenvalue weighted by molar-refractivity contribution is -0.111. The molecular weight excluding hydrogens is 168 g/mol. The Kier molecular flexibility index (Phi) is 9.13. The summed E-state index contributed by atoms with van der Waals surface area (Å²) in [6.45, 7) is 4.32. The number of hydrogen-bond donors (Lipinski definition) is 0.